The lowest BCUT2D eigenvalue weighted by Crippen LogP contribution is -2.27. The Bertz CT molecular complexity index is 737. The van der Waals surface area contributed by atoms with E-state index in [1.54, 1.807) is 36.9 Å². The summed E-state index contributed by atoms with van der Waals surface area (Å²) in [7, 11) is 0. The third-order valence-electron chi connectivity index (χ3n) is 5.13. The van der Waals surface area contributed by atoms with Crippen molar-refractivity contribution in [3.8, 4) is 0 Å². The van der Waals surface area contributed by atoms with Gasteiger partial charge >= 0.3 is 0 Å². The smallest absolute Gasteiger partial charge is 0.244 e. The number of anilines is 1. The van der Waals surface area contributed by atoms with Crippen LogP contribution in [0.1, 0.15) is 12.0 Å². The molecule has 1 aliphatic heterocycles. The topological polar surface area (TPSA) is 71.0 Å². The molecule has 1 amide bonds. The second kappa shape index (κ2) is 7.01. The van der Waals surface area contributed by atoms with Gasteiger partial charge in [-0.3, -0.25) is 14.8 Å². The molecule has 2 aliphatic rings. The van der Waals surface area contributed by atoms with E-state index in [4.69, 9.17) is 0 Å². The third-order valence-corrected chi connectivity index (χ3v) is 5.13. The maximum atomic E-state index is 11.9. The van der Waals surface area contributed by atoms with Gasteiger partial charge in [0, 0.05) is 50.5 Å². The number of aromatic nitrogens is 3. The molecular weight excluding hydrogens is 314 g/mol. The van der Waals surface area contributed by atoms with Crippen LogP contribution in [0.4, 0.5) is 5.82 Å². The number of carbonyl (C=O) groups is 1. The Hall–Kier alpha value is -2.76. The van der Waals surface area contributed by atoms with Crippen molar-refractivity contribution < 1.29 is 4.79 Å². The summed E-state index contributed by atoms with van der Waals surface area (Å²) in [6, 6.07) is 3.78. The third kappa shape index (κ3) is 3.68. The van der Waals surface area contributed by atoms with Gasteiger partial charge < -0.3 is 10.2 Å². The zero-order valence-electron chi connectivity index (χ0n) is 14.0. The van der Waals surface area contributed by atoms with E-state index in [1.807, 2.05) is 18.3 Å². The SMILES string of the molecule is O=C(/C=C/c1cccnc1)NCCC1[C@H]2CN(c3cnccn3)C[C@@H]12. The van der Waals surface area contributed by atoms with Gasteiger partial charge in [-0.1, -0.05) is 6.07 Å². The number of rotatable bonds is 6. The van der Waals surface area contributed by atoms with E-state index < -0.39 is 0 Å². The second-order valence-corrected chi connectivity index (χ2v) is 6.66. The van der Waals surface area contributed by atoms with Crippen LogP contribution in [0.3, 0.4) is 0 Å². The number of fused-ring (bicyclic) bond motifs is 1. The van der Waals surface area contributed by atoms with Crippen LogP contribution < -0.4 is 10.2 Å². The molecule has 0 radical (unpaired) electrons. The quantitative estimate of drug-likeness (QED) is 0.815. The van der Waals surface area contributed by atoms with E-state index in [1.165, 1.54) is 0 Å². The molecule has 3 atom stereocenters. The first-order valence-corrected chi connectivity index (χ1v) is 8.68. The highest BCUT2D eigenvalue weighted by Gasteiger charge is 2.55. The molecule has 1 saturated heterocycles. The molecule has 0 spiro atoms. The van der Waals surface area contributed by atoms with Crippen LogP contribution in [-0.4, -0.2) is 40.5 Å². The number of amides is 1. The fraction of sp³-hybridized carbons (Fsp3) is 0.368. The molecule has 1 N–H and O–H groups in total. The average molecular weight is 335 g/mol. The summed E-state index contributed by atoms with van der Waals surface area (Å²) < 4.78 is 0. The number of pyridine rings is 1. The van der Waals surface area contributed by atoms with Gasteiger partial charge in [0.1, 0.15) is 5.82 Å². The highest BCUT2D eigenvalue weighted by molar-refractivity contribution is 5.91. The Balaban J connectivity index is 1.17. The normalized spacial score (nSPS) is 24.3. The predicted octanol–water partition coefficient (Wildman–Crippen LogP) is 1.77. The minimum Gasteiger partial charge on any atom is -0.355 e. The molecule has 1 saturated carbocycles. The second-order valence-electron chi connectivity index (χ2n) is 6.66. The zero-order chi connectivity index (χ0) is 17.1. The van der Waals surface area contributed by atoms with E-state index >= 15 is 0 Å². The number of piperidine rings is 1. The summed E-state index contributed by atoms with van der Waals surface area (Å²) in [6.07, 6.45) is 13.1. The van der Waals surface area contributed by atoms with Crippen LogP contribution in [0.5, 0.6) is 0 Å². The fourth-order valence-electron chi connectivity index (χ4n) is 3.79. The van der Waals surface area contributed by atoms with Crippen LogP contribution in [0.2, 0.25) is 0 Å². The summed E-state index contributed by atoms with van der Waals surface area (Å²) >= 11 is 0. The molecule has 2 fully saturated rings. The van der Waals surface area contributed by atoms with Crippen LogP contribution in [-0.2, 0) is 4.79 Å². The molecule has 6 heteroatoms. The number of hydrogen-bond donors (Lipinski definition) is 1. The zero-order valence-corrected chi connectivity index (χ0v) is 14.0. The number of carbonyl (C=O) groups excluding carboxylic acids is 1. The summed E-state index contributed by atoms with van der Waals surface area (Å²) in [5, 5.41) is 2.97. The first-order chi connectivity index (χ1) is 12.3. The van der Waals surface area contributed by atoms with Crippen molar-refractivity contribution >= 4 is 17.8 Å². The van der Waals surface area contributed by atoms with Crippen LogP contribution in [0.25, 0.3) is 6.08 Å². The van der Waals surface area contributed by atoms with Crippen molar-refractivity contribution in [2.75, 3.05) is 24.5 Å². The van der Waals surface area contributed by atoms with Gasteiger partial charge in [0.2, 0.25) is 5.91 Å². The van der Waals surface area contributed by atoms with E-state index in [0.29, 0.717) is 0 Å². The first kappa shape index (κ1) is 15.7. The van der Waals surface area contributed by atoms with Crippen LogP contribution in [0.15, 0.2) is 49.2 Å². The van der Waals surface area contributed by atoms with E-state index in [0.717, 1.165) is 55.2 Å². The Morgan fingerprint density at radius 1 is 1.20 bits per heavy atom. The number of nitrogens with zero attached hydrogens (tertiary/aromatic N) is 4. The first-order valence-electron chi connectivity index (χ1n) is 8.68. The summed E-state index contributed by atoms with van der Waals surface area (Å²) in [5.74, 6) is 3.14. The Morgan fingerprint density at radius 3 is 2.76 bits per heavy atom. The maximum absolute atomic E-state index is 11.9. The van der Waals surface area contributed by atoms with Gasteiger partial charge in [-0.05, 0) is 41.9 Å². The highest BCUT2D eigenvalue weighted by Crippen LogP contribution is 2.53. The van der Waals surface area contributed by atoms with Crippen molar-refractivity contribution in [2.24, 2.45) is 17.8 Å². The molecule has 2 aromatic rings. The van der Waals surface area contributed by atoms with Gasteiger partial charge in [-0.2, -0.15) is 0 Å². The summed E-state index contributed by atoms with van der Waals surface area (Å²) in [4.78, 5) is 26.7. The predicted molar refractivity (Wildman–Crippen MR) is 95.6 cm³/mol. The molecule has 1 unspecified atom stereocenters. The maximum Gasteiger partial charge on any atom is 0.244 e. The highest BCUT2D eigenvalue weighted by atomic mass is 16.1. The molecule has 3 heterocycles. The monoisotopic (exact) mass is 335 g/mol. The minimum absolute atomic E-state index is 0.0455. The average Bonchev–Trinajstić information content (AvgIpc) is 3.11. The Morgan fingerprint density at radius 2 is 2.04 bits per heavy atom. The number of hydrogen-bond acceptors (Lipinski definition) is 5. The van der Waals surface area contributed by atoms with Gasteiger partial charge in [0.25, 0.3) is 0 Å². The van der Waals surface area contributed by atoms with Gasteiger partial charge in [0.05, 0.1) is 6.20 Å². The van der Waals surface area contributed by atoms with Crippen LogP contribution >= 0.6 is 0 Å². The van der Waals surface area contributed by atoms with Gasteiger partial charge in [-0.25, -0.2) is 4.98 Å². The van der Waals surface area contributed by atoms with Crippen molar-refractivity contribution in [1.29, 1.82) is 0 Å². The molecule has 2 aromatic heterocycles. The lowest BCUT2D eigenvalue weighted by molar-refractivity contribution is -0.116. The van der Waals surface area contributed by atoms with Crippen molar-refractivity contribution in [2.45, 2.75) is 6.42 Å². The molecule has 6 nitrogen and oxygen atoms in total. The van der Waals surface area contributed by atoms with E-state index in [-0.39, 0.29) is 5.91 Å². The van der Waals surface area contributed by atoms with Crippen molar-refractivity contribution in [3.05, 3.63) is 54.8 Å². The number of nitrogens with one attached hydrogen (secondary N) is 1. The molecule has 4 rings (SSSR count). The summed E-state index contributed by atoms with van der Waals surface area (Å²) in [6.45, 7) is 2.85. The van der Waals surface area contributed by atoms with Crippen molar-refractivity contribution in [1.82, 2.24) is 20.3 Å². The molecule has 0 aromatic carbocycles. The van der Waals surface area contributed by atoms with Gasteiger partial charge in [-0.15, -0.1) is 0 Å². The standard InChI is InChI=1S/C19H21N5O/c25-19(4-3-14-2-1-6-20-10-14)23-7-5-15-16-12-24(13-17(15)16)18-11-21-8-9-22-18/h1-4,6,8-11,15-17H,5,7,12-13H2,(H,23,25)/b4-3+/t15?,16-,17+. The molecule has 25 heavy (non-hydrogen) atoms. The molecule has 128 valence electrons. The summed E-state index contributed by atoms with van der Waals surface area (Å²) in [5.41, 5.74) is 0.929. The van der Waals surface area contributed by atoms with Crippen molar-refractivity contribution in [3.63, 3.8) is 0 Å². The minimum atomic E-state index is -0.0455. The van der Waals surface area contributed by atoms with E-state index in [2.05, 4.69) is 25.2 Å². The lowest BCUT2D eigenvalue weighted by atomic mass is 10.2. The lowest BCUT2D eigenvalue weighted by Gasteiger charge is -2.20. The van der Waals surface area contributed by atoms with Crippen LogP contribution in [0, 0.1) is 17.8 Å². The van der Waals surface area contributed by atoms with E-state index in [9.17, 15) is 4.79 Å². The fourth-order valence-corrected chi connectivity index (χ4v) is 3.79. The molecule has 0 bridgehead atoms. The molecule has 1 aliphatic carbocycles. The Labute approximate surface area is 147 Å². The molecular formula is C19H21N5O. The van der Waals surface area contributed by atoms with Gasteiger partial charge in [0.15, 0.2) is 0 Å². The largest absolute Gasteiger partial charge is 0.355 e. The Kier molecular flexibility index (Phi) is 4.41.